The molecule has 0 bridgehead atoms. The molecule has 1 fully saturated rings. The molecule has 25 heavy (non-hydrogen) atoms. The number of benzene rings is 1. The SMILES string of the molecule is CCc1cc(C2CCCN2S(=O)(=O)c2ccc(OC)c(OC)c2)on1. The van der Waals surface area contributed by atoms with Gasteiger partial charge in [0.15, 0.2) is 17.3 Å². The van der Waals surface area contributed by atoms with Crippen LogP contribution in [0.3, 0.4) is 0 Å². The highest BCUT2D eigenvalue weighted by Gasteiger charge is 2.38. The lowest BCUT2D eigenvalue weighted by Gasteiger charge is -2.22. The van der Waals surface area contributed by atoms with Crippen molar-refractivity contribution in [3.05, 3.63) is 35.7 Å². The molecule has 3 rings (SSSR count). The molecule has 1 saturated heterocycles. The fourth-order valence-electron chi connectivity index (χ4n) is 3.08. The highest BCUT2D eigenvalue weighted by atomic mass is 32.2. The Labute approximate surface area is 147 Å². The first-order valence-electron chi connectivity index (χ1n) is 8.20. The van der Waals surface area contributed by atoms with Gasteiger partial charge in [0.05, 0.1) is 30.9 Å². The van der Waals surface area contributed by atoms with E-state index in [1.54, 1.807) is 6.07 Å². The van der Waals surface area contributed by atoms with Gasteiger partial charge in [0.2, 0.25) is 10.0 Å². The van der Waals surface area contributed by atoms with Crippen LogP contribution in [0, 0.1) is 0 Å². The van der Waals surface area contributed by atoms with Gasteiger partial charge in [0.25, 0.3) is 0 Å². The predicted octanol–water partition coefficient (Wildman–Crippen LogP) is 2.78. The fraction of sp³-hybridized carbons (Fsp3) is 0.471. The number of nitrogens with zero attached hydrogens (tertiary/aromatic N) is 2. The van der Waals surface area contributed by atoms with E-state index in [9.17, 15) is 8.42 Å². The van der Waals surface area contributed by atoms with Gasteiger partial charge in [-0.05, 0) is 31.4 Å². The van der Waals surface area contributed by atoms with Crippen LogP contribution in [0.4, 0.5) is 0 Å². The van der Waals surface area contributed by atoms with Crippen molar-refractivity contribution in [3.63, 3.8) is 0 Å². The lowest BCUT2D eigenvalue weighted by molar-refractivity contribution is 0.296. The van der Waals surface area contributed by atoms with Gasteiger partial charge in [0, 0.05) is 18.7 Å². The minimum Gasteiger partial charge on any atom is -0.493 e. The molecule has 0 radical (unpaired) electrons. The lowest BCUT2D eigenvalue weighted by atomic mass is 10.1. The number of methoxy groups -OCH3 is 2. The normalized spacial score (nSPS) is 18.4. The summed E-state index contributed by atoms with van der Waals surface area (Å²) >= 11 is 0. The monoisotopic (exact) mass is 366 g/mol. The summed E-state index contributed by atoms with van der Waals surface area (Å²) in [6.45, 7) is 2.43. The van der Waals surface area contributed by atoms with Crippen LogP contribution in [-0.4, -0.2) is 38.6 Å². The fourth-order valence-corrected chi connectivity index (χ4v) is 4.76. The van der Waals surface area contributed by atoms with Crippen molar-refractivity contribution < 1.29 is 22.4 Å². The maximum atomic E-state index is 13.1. The third-order valence-corrected chi connectivity index (χ3v) is 6.34. The number of aryl methyl sites for hydroxylation is 1. The van der Waals surface area contributed by atoms with Crippen molar-refractivity contribution in [2.24, 2.45) is 0 Å². The van der Waals surface area contributed by atoms with E-state index in [2.05, 4.69) is 5.16 Å². The zero-order valence-corrected chi connectivity index (χ0v) is 15.4. The molecule has 1 unspecified atom stereocenters. The Balaban J connectivity index is 1.95. The lowest BCUT2D eigenvalue weighted by Crippen LogP contribution is -2.30. The summed E-state index contributed by atoms with van der Waals surface area (Å²) in [6.07, 6.45) is 2.24. The molecule has 1 aromatic carbocycles. The van der Waals surface area contributed by atoms with Gasteiger partial charge in [-0.3, -0.25) is 0 Å². The quantitative estimate of drug-likeness (QED) is 0.782. The number of ether oxygens (including phenoxy) is 2. The smallest absolute Gasteiger partial charge is 0.243 e. The van der Waals surface area contributed by atoms with Crippen molar-refractivity contribution in [2.45, 2.75) is 37.1 Å². The molecule has 0 N–H and O–H groups in total. The van der Waals surface area contributed by atoms with E-state index < -0.39 is 10.0 Å². The van der Waals surface area contributed by atoms with Gasteiger partial charge in [0.1, 0.15) is 0 Å². The Kier molecular flexibility index (Phi) is 5.01. The molecule has 1 aromatic heterocycles. The first-order valence-corrected chi connectivity index (χ1v) is 9.64. The van der Waals surface area contributed by atoms with Gasteiger partial charge in [-0.15, -0.1) is 0 Å². The molecule has 0 amide bonds. The molecule has 1 atom stereocenters. The molecule has 8 heteroatoms. The summed E-state index contributed by atoms with van der Waals surface area (Å²) in [5, 5.41) is 3.99. The molecule has 2 aromatic rings. The first-order chi connectivity index (χ1) is 12.0. The molecule has 1 aliphatic rings. The van der Waals surface area contributed by atoms with Crippen LogP contribution in [0.15, 0.2) is 33.7 Å². The Hall–Kier alpha value is -2.06. The molecular weight excluding hydrogens is 344 g/mol. The van der Waals surface area contributed by atoms with E-state index >= 15 is 0 Å². The van der Waals surface area contributed by atoms with Crippen molar-refractivity contribution in [1.29, 1.82) is 0 Å². The summed E-state index contributed by atoms with van der Waals surface area (Å²) in [5.74, 6) is 1.47. The van der Waals surface area contributed by atoms with E-state index in [1.165, 1.54) is 30.7 Å². The Morgan fingerprint density at radius 1 is 1.24 bits per heavy atom. The van der Waals surface area contributed by atoms with E-state index in [4.69, 9.17) is 14.0 Å². The van der Waals surface area contributed by atoms with Gasteiger partial charge < -0.3 is 14.0 Å². The highest BCUT2D eigenvalue weighted by molar-refractivity contribution is 7.89. The average molecular weight is 366 g/mol. The summed E-state index contributed by atoms with van der Waals surface area (Å²) in [5.41, 5.74) is 0.824. The molecule has 1 aliphatic heterocycles. The van der Waals surface area contributed by atoms with Crippen LogP contribution in [0.25, 0.3) is 0 Å². The molecule has 136 valence electrons. The van der Waals surface area contributed by atoms with E-state index in [0.717, 1.165) is 18.5 Å². The van der Waals surface area contributed by atoms with E-state index in [0.29, 0.717) is 30.2 Å². The second-order valence-electron chi connectivity index (χ2n) is 5.86. The Morgan fingerprint density at radius 3 is 2.64 bits per heavy atom. The average Bonchev–Trinajstić information content (AvgIpc) is 3.29. The third-order valence-electron chi connectivity index (χ3n) is 4.43. The standard InChI is InChI=1S/C17H22N2O5S/c1-4-12-10-16(24-18-12)14-6-5-9-19(14)25(20,21)13-7-8-15(22-2)17(11-13)23-3/h7-8,10-11,14H,4-6,9H2,1-3H3. The van der Waals surface area contributed by atoms with Crippen molar-refractivity contribution in [1.82, 2.24) is 9.46 Å². The maximum Gasteiger partial charge on any atom is 0.243 e. The van der Waals surface area contributed by atoms with E-state index in [1.807, 2.05) is 13.0 Å². The molecule has 0 saturated carbocycles. The molecule has 0 aliphatic carbocycles. The van der Waals surface area contributed by atoms with Crippen molar-refractivity contribution in [3.8, 4) is 11.5 Å². The van der Waals surface area contributed by atoms with E-state index in [-0.39, 0.29) is 10.9 Å². The van der Waals surface area contributed by atoms with Gasteiger partial charge in [-0.2, -0.15) is 4.31 Å². The predicted molar refractivity (Wildman–Crippen MR) is 91.3 cm³/mol. The summed E-state index contributed by atoms with van der Waals surface area (Å²) in [6, 6.07) is 6.13. The minimum atomic E-state index is -3.68. The molecule has 2 heterocycles. The number of hydrogen-bond donors (Lipinski definition) is 0. The molecule has 0 spiro atoms. The van der Waals surface area contributed by atoms with Crippen LogP contribution < -0.4 is 9.47 Å². The minimum absolute atomic E-state index is 0.173. The molecular formula is C17H22N2O5S. The second kappa shape index (κ2) is 7.05. The van der Waals surface area contributed by atoms with Crippen molar-refractivity contribution in [2.75, 3.05) is 20.8 Å². The van der Waals surface area contributed by atoms with Crippen LogP contribution >= 0.6 is 0 Å². The number of sulfonamides is 1. The largest absolute Gasteiger partial charge is 0.493 e. The number of rotatable bonds is 6. The van der Waals surface area contributed by atoms with Gasteiger partial charge in [-0.25, -0.2) is 8.42 Å². The number of hydrogen-bond acceptors (Lipinski definition) is 6. The summed E-state index contributed by atoms with van der Waals surface area (Å²) in [4.78, 5) is 0.173. The van der Waals surface area contributed by atoms with Crippen LogP contribution in [0.5, 0.6) is 11.5 Å². The summed E-state index contributed by atoms with van der Waals surface area (Å²) in [7, 11) is -0.690. The number of aromatic nitrogens is 1. The highest BCUT2D eigenvalue weighted by Crippen LogP contribution is 2.38. The Morgan fingerprint density at radius 2 is 2.00 bits per heavy atom. The second-order valence-corrected chi connectivity index (χ2v) is 7.76. The van der Waals surface area contributed by atoms with Crippen LogP contribution in [0.2, 0.25) is 0 Å². The zero-order chi connectivity index (χ0) is 18.0. The van der Waals surface area contributed by atoms with Gasteiger partial charge >= 0.3 is 0 Å². The first kappa shape index (κ1) is 17.8. The topological polar surface area (TPSA) is 81.9 Å². The Bertz CT molecular complexity index is 846. The third kappa shape index (κ3) is 3.23. The van der Waals surface area contributed by atoms with Crippen LogP contribution in [-0.2, 0) is 16.4 Å². The zero-order valence-electron chi connectivity index (χ0n) is 14.6. The maximum absolute atomic E-state index is 13.1. The van der Waals surface area contributed by atoms with Gasteiger partial charge in [-0.1, -0.05) is 12.1 Å². The van der Waals surface area contributed by atoms with Crippen LogP contribution in [0.1, 0.15) is 37.3 Å². The summed E-state index contributed by atoms with van der Waals surface area (Å²) < 4.78 is 43.5. The molecule has 7 nitrogen and oxygen atoms in total. The van der Waals surface area contributed by atoms with Crippen molar-refractivity contribution >= 4 is 10.0 Å².